The van der Waals surface area contributed by atoms with Crippen LogP contribution in [0.1, 0.15) is 33.6 Å². The van der Waals surface area contributed by atoms with Crippen molar-refractivity contribution in [2.24, 2.45) is 11.0 Å². The highest BCUT2D eigenvalue weighted by Crippen LogP contribution is 2.06. The number of nitrogens with one attached hydrogen (secondary N) is 2. The van der Waals surface area contributed by atoms with Crippen LogP contribution in [0.15, 0.2) is 35.4 Å². The zero-order valence-corrected chi connectivity index (χ0v) is 14.2. The van der Waals surface area contributed by atoms with Crippen molar-refractivity contribution >= 4 is 29.2 Å². The van der Waals surface area contributed by atoms with E-state index in [4.69, 9.17) is 4.74 Å². The lowest BCUT2D eigenvalue weighted by Crippen LogP contribution is -2.26. The molecule has 2 N–H and O–H groups in total. The van der Waals surface area contributed by atoms with Gasteiger partial charge in [-0.15, -0.1) is 0 Å². The summed E-state index contributed by atoms with van der Waals surface area (Å²) < 4.78 is 4.88. The first kappa shape index (κ1) is 19.3. The molecule has 0 saturated carbocycles. The van der Waals surface area contributed by atoms with Crippen LogP contribution in [0.5, 0.6) is 0 Å². The standard InChI is InChI=1S/C17H23N3O4/c1-4-24-17(23)12(2)13(3)19-20-16(22)11-10-15(21)18-14-8-6-5-7-9-14/h5-9,12H,4,10-11H2,1-3H3,(H,18,21)(H,20,22). The average Bonchev–Trinajstić information content (AvgIpc) is 2.58. The van der Waals surface area contributed by atoms with E-state index in [1.54, 1.807) is 32.9 Å². The van der Waals surface area contributed by atoms with E-state index >= 15 is 0 Å². The summed E-state index contributed by atoms with van der Waals surface area (Å²) in [5.74, 6) is -1.58. The lowest BCUT2D eigenvalue weighted by molar-refractivity contribution is -0.145. The van der Waals surface area contributed by atoms with Crippen molar-refractivity contribution in [2.45, 2.75) is 33.6 Å². The summed E-state index contributed by atoms with van der Waals surface area (Å²) in [6.45, 7) is 5.29. The van der Waals surface area contributed by atoms with Crippen molar-refractivity contribution in [1.82, 2.24) is 5.43 Å². The number of hydrogen-bond acceptors (Lipinski definition) is 5. The Balaban J connectivity index is 2.36. The van der Waals surface area contributed by atoms with Gasteiger partial charge in [0, 0.05) is 24.2 Å². The van der Waals surface area contributed by atoms with Gasteiger partial charge in [-0.25, -0.2) is 5.43 Å². The number of nitrogens with zero attached hydrogens (tertiary/aromatic N) is 1. The first-order chi connectivity index (χ1) is 11.4. The van der Waals surface area contributed by atoms with Crippen molar-refractivity contribution in [3.63, 3.8) is 0 Å². The number of rotatable bonds is 8. The summed E-state index contributed by atoms with van der Waals surface area (Å²) in [6.07, 6.45) is 0.0476. The first-order valence-electron chi connectivity index (χ1n) is 7.78. The molecule has 1 unspecified atom stereocenters. The lowest BCUT2D eigenvalue weighted by Gasteiger charge is -2.10. The third-order valence-electron chi connectivity index (χ3n) is 3.26. The smallest absolute Gasteiger partial charge is 0.314 e. The number of hydrogen-bond donors (Lipinski definition) is 2. The van der Waals surface area contributed by atoms with Gasteiger partial charge >= 0.3 is 5.97 Å². The van der Waals surface area contributed by atoms with Crippen molar-refractivity contribution in [1.29, 1.82) is 0 Å². The monoisotopic (exact) mass is 333 g/mol. The number of amides is 2. The molecule has 0 aliphatic carbocycles. The van der Waals surface area contributed by atoms with Gasteiger partial charge in [0.15, 0.2) is 0 Å². The van der Waals surface area contributed by atoms with Crippen LogP contribution in [0, 0.1) is 5.92 Å². The Kier molecular flexibility index (Phi) is 8.18. The molecule has 0 saturated heterocycles. The Morgan fingerprint density at radius 3 is 2.38 bits per heavy atom. The van der Waals surface area contributed by atoms with Crippen LogP contribution in [0.4, 0.5) is 5.69 Å². The molecule has 0 bridgehead atoms. The maximum Gasteiger partial charge on any atom is 0.314 e. The SMILES string of the molecule is CCOC(=O)C(C)C(C)=NNC(=O)CCC(=O)Nc1ccccc1. The number of hydrazone groups is 1. The van der Waals surface area contributed by atoms with Crippen molar-refractivity contribution in [2.75, 3.05) is 11.9 Å². The highest BCUT2D eigenvalue weighted by molar-refractivity contribution is 6.01. The normalized spacial score (nSPS) is 12.2. The Morgan fingerprint density at radius 2 is 1.75 bits per heavy atom. The van der Waals surface area contributed by atoms with E-state index in [-0.39, 0.29) is 18.7 Å². The van der Waals surface area contributed by atoms with Gasteiger partial charge < -0.3 is 10.1 Å². The van der Waals surface area contributed by atoms with Gasteiger partial charge in [-0.2, -0.15) is 5.10 Å². The second-order valence-corrected chi connectivity index (χ2v) is 5.18. The third-order valence-corrected chi connectivity index (χ3v) is 3.26. The second kappa shape index (κ2) is 10.1. The van der Waals surface area contributed by atoms with Gasteiger partial charge in [-0.1, -0.05) is 18.2 Å². The first-order valence-corrected chi connectivity index (χ1v) is 7.78. The molecule has 0 aliphatic heterocycles. The molecule has 0 heterocycles. The average molecular weight is 333 g/mol. The van der Waals surface area contributed by atoms with Crippen LogP contribution in [0.25, 0.3) is 0 Å². The van der Waals surface area contributed by atoms with Gasteiger partial charge in [0.25, 0.3) is 0 Å². The third kappa shape index (κ3) is 7.04. The van der Waals surface area contributed by atoms with E-state index in [1.165, 1.54) is 0 Å². The molecule has 130 valence electrons. The Morgan fingerprint density at radius 1 is 1.12 bits per heavy atom. The number of carbonyl (C=O) groups excluding carboxylic acids is 3. The number of carbonyl (C=O) groups is 3. The molecule has 7 heteroatoms. The Labute approximate surface area is 141 Å². The number of esters is 1. The molecular weight excluding hydrogens is 310 g/mol. The Bertz CT molecular complexity index is 599. The fraction of sp³-hybridized carbons (Fsp3) is 0.412. The van der Waals surface area contributed by atoms with E-state index < -0.39 is 17.8 Å². The molecule has 0 fully saturated rings. The van der Waals surface area contributed by atoms with Crippen molar-refractivity contribution in [3.8, 4) is 0 Å². The molecule has 1 atom stereocenters. The van der Waals surface area contributed by atoms with E-state index in [9.17, 15) is 14.4 Å². The fourth-order valence-corrected chi connectivity index (χ4v) is 1.71. The van der Waals surface area contributed by atoms with Crippen molar-refractivity contribution < 1.29 is 19.1 Å². The largest absolute Gasteiger partial charge is 0.465 e. The molecule has 0 radical (unpaired) electrons. The maximum atomic E-state index is 11.7. The summed E-state index contributed by atoms with van der Waals surface area (Å²) in [5, 5.41) is 6.57. The summed E-state index contributed by atoms with van der Waals surface area (Å²) in [6, 6.07) is 9.00. The van der Waals surface area contributed by atoms with Gasteiger partial charge in [0.05, 0.1) is 12.5 Å². The summed E-state index contributed by atoms with van der Waals surface area (Å²) in [4.78, 5) is 35.0. The molecule has 24 heavy (non-hydrogen) atoms. The minimum Gasteiger partial charge on any atom is -0.465 e. The number of ether oxygens (including phenoxy) is 1. The van der Waals surface area contributed by atoms with Crippen LogP contribution in [0.3, 0.4) is 0 Å². The number of anilines is 1. The summed E-state index contributed by atoms with van der Waals surface area (Å²) in [7, 11) is 0. The summed E-state index contributed by atoms with van der Waals surface area (Å²) >= 11 is 0. The zero-order chi connectivity index (χ0) is 17.9. The van der Waals surface area contributed by atoms with E-state index in [2.05, 4.69) is 15.8 Å². The van der Waals surface area contributed by atoms with Crippen LogP contribution in [-0.4, -0.2) is 30.1 Å². The highest BCUT2D eigenvalue weighted by Gasteiger charge is 2.17. The lowest BCUT2D eigenvalue weighted by atomic mass is 10.1. The summed E-state index contributed by atoms with van der Waals surface area (Å²) in [5.41, 5.74) is 3.46. The predicted octanol–water partition coefficient (Wildman–Crippen LogP) is 2.10. The van der Waals surface area contributed by atoms with Crippen LogP contribution >= 0.6 is 0 Å². The molecule has 1 rings (SSSR count). The topological polar surface area (TPSA) is 96.9 Å². The number of para-hydroxylation sites is 1. The van der Waals surface area contributed by atoms with Gasteiger partial charge in [0.2, 0.25) is 11.8 Å². The molecule has 1 aromatic rings. The second-order valence-electron chi connectivity index (χ2n) is 5.18. The highest BCUT2D eigenvalue weighted by atomic mass is 16.5. The van der Waals surface area contributed by atoms with Crippen LogP contribution in [0.2, 0.25) is 0 Å². The molecule has 1 aromatic carbocycles. The molecule has 0 spiro atoms. The van der Waals surface area contributed by atoms with Gasteiger partial charge in [-0.3, -0.25) is 14.4 Å². The fourth-order valence-electron chi connectivity index (χ4n) is 1.71. The minimum absolute atomic E-state index is 0.00321. The van der Waals surface area contributed by atoms with Crippen molar-refractivity contribution in [3.05, 3.63) is 30.3 Å². The molecule has 0 aliphatic rings. The minimum atomic E-state index is -0.536. The van der Waals surface area contributed by atoms with Gasteiger partial charge in [-0.05, 0) is 32.9 Å². The quantitative estimate of drug-likeness (QED) is 0.432. The van der Waals surface area contributed by atoms with Crippen LogP contribution in [-0.2, 0) is 19.1 Å². The van der Waals surface area contributed by atoms with E-state index in [1.807, 2.05) is 18.2 Å². The molecular formula is C17H23N3O4. The predicted molar refractivity (Wildman–Crippen MR) is 91.4 cm³/mol. The Hall–Kier alpha value is -2.70. The molecule has 7 nitrogen and oxygen atoms in total. The van der Waals surface area contributed by atoms with Crippen LogP contribution < -0.4 is 10.7 Å². The zero-order valence-electron chi connectivity index (χ0n) is 14.2. The van der Waals surface area contributed by atoms with E-state index in [0.29, 0.717) is 18.0 Å². The molecule has 0 aromatic heterocycles. The van der Waals surface area contributed by atoms with E-state index in [0.717, 1.165) is 0 Å². The molecule has 2 amide bonds. The van der Waals surface area contributed by atoms with Gasteiger partial charge in [0.1, 0.15) is 0 Å². The maximum absolute atomic E-state index is 11.7. The number of benzene rings is 1.